The van der Waals surface area contributed by atoms with E-state index in [9.17, 15) is 0 Å². The van der Waals surface area contributed by atoms with Crippen molar-refractivity contribution in [2.24, 2.45) is 0 Å². The molecule has 0 amide bonds. The summed E-state index contributed by atoms with van der Waals surface area (Å²) in [4.78, 5) is 0. The molecule has 3 rings (SSSR count). The monoisotopic (exact) mass is 388 g/mol. The highest BCUT2D eigenvalue weighted by molar-refractivity contribution is 6.69. The molecule has 0 aromatic carbocycles. The van der Waals surface area contributed by atoms with Crippen LogP contribution in [-0.4, -0.2) is 57.2 Å². The van der Waals surface area contributed by atoms with E-state index in [0.717, 1.165) is 0 Å². The van der Waals surface area contributed by atoms with Gasteiger partial charge in [-0.1, -0.05) is 0 Å². The van der Waals surface area contributed by atoms with E-state index in [0.29, 0.717) is 12.6 Å². The molecule has 0 aliphatic carbocycles. The van der Waals surface area contributed by atoms with Crippen LogP contribution < -0.4 is 0 Å². The van der Waals surface area contributed by atoms with E-state index in [4.69, 9.17) is 32.8 Å². The van der Waals surface area contributed by atoms with Gasteiger partial charge >= 0.3 is 0 Å². The fraction of sp³-hybridized carbons (Fsp3) is 0.889. The molecule has 3 heterocycles. The zero-order chi connectivity index (χ0) is 19.3. The number of rotatable bonds is 5. The van der Waals surface area contributed by atoms with Crippen molar-refractivity contribution in [3.8, 4) is 0 Å². The van der Waals surface area contributed by atoms with Crippen LogP contribution in [-0.2, 0) is 32.8 Å². The smallest absolute Gasteiger partial charge is 0.261 e. The molecule has 3 fully saturated rings. The second-order valence-electron chi connectivity index (χ2n) is 8.84. The Bertz CT molecular complexity index is 554. The Balaban J connectivity index is 1.79. The first-order valence-electron chi connectivity index (χ1n) is 9.24. The first-order chi connectivity index (χ1) is 11.9. The van der Waals surface area contributed by atoms with Gasteiger partial charge in [-0.25, -0.2) is 0 Å². The molecule has 0 N–H and O–H groups in total. The molecule has 150 valence electrons. The van der Waals surface area contributed by atoms with Gasteiger partial charge in [0.15, 0.2) is 30.1 Å². The molecule has 5 atom stereocenters. The van der Waals surface area contributed by atoms with Gasteiger partial charge in [0, 0.05) is 0 Å². The van der Waals surface area contributed by atoms with Crippen molar-refractivity contribution in [1.29, 1.82) is 0 Å². The summed E-state index contributed by atoms with van der Waals surface area (Å²) < 4.78 is 42.1. The fourth-order valence-corrected chi connectivity index (χ4v) is 4.17. The Morgan fingerprint density at radius 2 is 1.69 bits per heavy atom. The van der Waals surface area contributed by atoms with Crippen molar-refractivity contribution >= 4 is 8.32 Å². The summed E-state index contributed by atoms with van der Waals surface area (Å²) in [6.07, 6.45) is -0.0740. The fourth-order valence-electron chi connectivity index (χ4n) is 3.40. The van der Waals surface area contributed by atoms with E-state index in [1.54, 1.807) is 0 Å². The lowest BCUT2D eigenvalue weighted by atomic mass is 10.1. The van der Waals surface area contributed by atoms with Gasteiger partial charge in [0.05, 0.1) is 6.61 Å². The van der Waals surface area contributed by atoms with Crippen molar-refractivity contribution in [3.05, 3.63) is 12.0 Å². The molecule has 8 heteroatoms. The van der Waals surface area contributed by atoms with Crippen LogP contribution in [0.15, 0.2) is 12.0 Å². The van der Waals surface area contributed by atoms with Crippen LogP contribution in [0.3, 0.4) is 0 Å². The van der Waals surface area contributed by atoms with E-state index < -0.39 is 32.3 Å². The van der Waals surface area contributed by atoms with E-state index in [1.165, 1.54) is 0 Å². The molecular formula is C18H32O7Si. The van der Waals surface area contributed by atoms with Gasteiger partial charge in [-0.2, -0.15) is 0 Å². The molecule has 3 aliphatic heterocycles. The minimum atomic E-state index is -1.81. The lowest BCUT2D eigenvalue weighted by Crippen LogP contribution is -2.44. The lowest BCUT2D eigenvalue weighted by Gasteiger charge is -2.31. The zero-order valence-electron chi connectivity index (χ0n) is 17.0. The third-order valence-electron chi connectivity index (χ3n) is 4.32. The number of ether oxygens (including phenoxy) is 6. The maximum atomic E-state index is 6.25. The summed E-state index contributed by atoms with van der Waals surface area (Å²) in [5, 5.41) is 0. The average Bonchev–Trinajstić information content (AvgIpc) is 3.07. The quantitative estimate of drug-likeness (QED) is 0.529. The molecule has 3 aliphatic rings. The second kappa shape index (κ2) is 6.75. The Hall–Kier alpha value is -0.643. The topological polar surface area (TPSA) is 64.6 Å². The largest absolute Gasteiger partial charge is 0.520 e. The second-order valence-corrected chi connectivity index (χ2v) is 13.3. The summed E-state index contributed by atoms with van der Waals surface area (Å²) in [7, 11) is -1.81. The highest BCUT2D eigenvalue weighted by Gasteiger charge is 2.59. The van der Waals surface area contributed by atoms with Crippen molar-refractivity contribution in [3.63, 3.8) is 0 Å². The molecule has 0 aromatic heterocycles. The Morgan fingerprint density at radius 3 is 2.23 bits per heavy atom. The van der Waals surface area contributed by atoms with Crippen LogP contribution in [0.2, 0.25) is 19.6 Å². The van der Waals surface area contributed by atoms with Crippen LogP contribution in [0.5, 0.6) is 0 Å². The lowest BCUT2D eigenvalue weighted by molar-refractivity contribution is -0.235. The van der Waals surface area contributed by atoms with E-state index >= 15 is 0 Å². The van der Waals surface area contributed by atoms with Gasteiger partial charge in [0.25, 0.3) is 5.95 Å². The molecule has 7 nitrogen and oxygen atoms in total. The van der Waals surface area contributed by atoms with Crippen LogP contribution >= 0.6 is 0 Å². The van der Waals surface area contributed by atoms with Gasteiger partial charge < -0.3 is 32.8 Å². The first kappa shape index (κ1) is 20.1. The number of fused-ring (bicyclic) bond motifs is 1. The van der Waals surface area contributed by atoms with Crippen molar-refractivity contribution in [2.45, 2.75) is 96.5 Å². The zero-order valence-corrected chi connectivity index (χ0v) is 18.0. The van der Waals surface area contributed by atoms with Gasteiger partial charge in [0.1, 0.15) is 12.2 Å². The number of allylic oxidation sites excluding steroid dienone is 1. The molecular weight excluding hydrogens is 356 g/mol. The summed E-state index contributed by atoms with van der Waals surface area (Å²) in [5.41, 5.74) is 0. The SMILES string of the molecule is C/C=C(\O[C@@H]1[C@H]2OC(C)(C)O[C@H]2O[C@@H]1[C@H]1COC(C)(C)O1)O[Si](C)(C)C. The molecule has 3 saturated heterocycles. The Morgan fingerprint density at radius 1 is 1.00 bits per heavy atom. The standard InChI is InChI=1S/C18H32O7Si/c1-9-12(25-26(6,7)8)20-14-13(11-10-19-17(2,3)22-11)21-16-15(14)23-18(4,5)24-16/h9,11,13-16H,10H2,1-8H3/b12-9+/t11-,13-,14+,15-,16-/m1/s1. The van der Waals surface area contributed by atoms with Crippen LogP contribution in [0.25, 0.3) is 0 Å². The number of hydrogen-bond donors (Lipinski definition) is 0. The first-order valence-corrected chi connectivity index (χ1v) is 12.6. The summed E-state index contributed by atoms with van der Waals surface area (Å²) in [6, 6.07) is 0. The van der Waals surface area contributed by atoms with Crippen LogP contribution in [0, 0.1) is 0 Å². The molecule has 26 heavy (non-hydrogen) atoms. The van der Waals surface area contributed by atoms with Crippen molar-refractivity contribution in [2.75, 3.05) is 6.61 Å². The van der Waals surface area contributed by atoms with E-state index in [-0.39, 0.29) is 18.3 Å². The highest BCUT2D eigenvalue weighted by Crippen LogP contribution is 2.42. The molecule has 0 unspecified atom stereocenters. The molecule has 0 spiro atoms. The number of hydrogen-bond acceptors (Lipinski definition) is 7. The highest BCUT2D eigenvalue weighted by atomic mass is 28.4. The summed E-state index contributed by atoms with van der Waals surface area (Å²) >= 11 is 0. The Labute approximate surface area is 157 Å². The molecule has 0 aromatic rings. The van der Waals surface area contributed by atoms with Crippen molar-refractivity contribution in [1.82, 2.24) is 0 Å². The Kier molecular flexibility index (Phi) is 5.22. The van der Waals surface area contributed by atoms with Crippen molar-refractivity contribution < 1.29 is 32.8 Å². The molecule has 0 radical (unpaired) electrons. The normalized spacial score (nSPS) is 39.1. The predicted octanol–water partition coefficient (Wildman–Crippen LogP) is 3.11. The molecule has 0 saturated carbocycles. The van der Waals surface area contributed by atoms with Gasteiger partial charge in [-0.15, -0.1) is 0 Å². The van der Waals surface area contributed by atoms with Crippen LogP contribution in [0.1, 0.15) is 34.6 Å². The third-order valence-corrected chi connectivity index (χ3v) is 5.13. The average molecular weight is 389 g/mol. The third kappa shape index (κ3) is 4.43. The van der Waals surface area contributed by atoms with Gasteiger partial charge in [-0.3, -0.25) is 0 Å². The molecule has 0 bridgehead atoms. The maximum absolute atomic E-state index is 6.25. The van der Waals surface area contributed by atoms with E-state index in [2.05, 4.69) is 19.6 Å². The predicted molar refractivity (Wildman–Crippen MR) is 96.7 cm³/mol. The van der Waals surface area contributed by atoms with Gasteiger partial charge in [0.2, 0.25) is 8.32 Å². The van der Waals surface area contributed by atoms with E-state index in [1.807, 2.05) is 40.7 Å². The minimum absolute atomic E-state index is 0.263. The van der Waals surface area contributed by atoms with Gasteiger partial charge in [-0.05, 0) is 60.3 Å². The minimum Gasteiger partial charge on any atom is -0.520 e. The maximum Gasteiger partial charge on any atom is 0.261 e. The van der Waals surface area contributed by atoms with Crippen LogP contribution in [0.4, 0.5) is 0 Å². The summed E-state index contributed by atoms with van der Waals surface area (Å²) in [6.45, 7) is 16.2. The summed E-state index contributed by atoms with van der Waals surface area (Å²) in [5.74, 6) is -0.866.